The van der Waals surface area contributed by atoms with Crippen LogP contribution in [0.3, 0.4) is 0 Å². The molecule has 0 aromatic carbocycles. The first-order chi connectivity index (χ1) is 12.1. The summed E-state index contributed by atoms with van der Waals surface area (Å²) in [6, 6.07) is 4.09. The van der Waals surface area contributed by atoms with E-state index in [4.69, 9.17) is 4.74 Å². The molecule has 1 aromatic rings. The predicted octanol–water partition coefficient (Wildman–Crippen LogP) is 1.70. The van der Waals surface area contributed by atoms with Gasteiger partial charge in [0.2, 0.25) is 5.91 Å². The molecule has 3 atom stereocenters. The summed E-state index contributed by atoms with van der Waals surface area (Å²) in [5.74, 6) is 1.77. The second kappa shape index (κ2) is 8.63. The van der Waals surface area contributed by atoms with Crippen LogP contribution < -0.4 is 15.5 Å². The van der Waals surface area contributed by atoms with Crippen LogP contribution in [0.25, 0.3) is 0 Å². The fourth-order valence-corrected chi connectivity index (χ4v) is 3.66. The zero-order valence-electron chi connectivity index (χ0n) is 15.3. The topological polar surface area (TPSA) is 66.5 Å². The Balaban J connectivity index is 1.43. The molecule has 0 aliphatic carbocycles. The number of carbonyl (C=O) groups excluding carboxylic acids is 1. The number of carbonyl (C=O) groups is 1. The summed E-state index contributed by atoms with van der Waals surface area (Å²) in [4.78, 5) is 18.8. The first-order valence-electron chi connectivity index (χ1n) is 9.43. The second-order valence-corrected chi connectivity index (χ2v) is 7.36. The zero-order chi connectivity index (χ0) is 17.6. The smallest absolute Gasteiger partial charge is 0.220 e. The summed E-state index contributed by atoms with van der Waals surface area (Å²) in [5.41, 5.74) is 1.04. The van der Waals surface area contributed by atoms with Crippen LogP contribution >= 0.6 is 0 Å². The molecule has 1 aromatic heterocycles. The molecule has 2 aliphatic rings. The summed E-state index contributed by atoms with van der Waals surface area (Å²) in [5, 5.41) is 6.34. The number of nitrogens with one attached hydrogen (secondary N) is 2. The Bertz CT molecular complexity index is 547. The molecule has 0 saturated carbocycles. The van der Waals surface area contributed by atoms with Gasteiger partial charge in [-0.25, -0.2) is 4.98 Å². The van der Waals surface area contributed by atoms with E-state index in [9.17, 15) is 4.79 Å². The quantitative estimate of drug-likeness (QED) is 0.821. The molecule has 0 spiro atoms. The third-order valence-corrected chi connectivity index (χ3v) is 4.98. The van der Waals surface area contributed by atoms with Crippen molar-refractivity contribution in [3.8, 4) is 0 Å². The molecule has 2 fully saturated rings. The minimum absolute atomic E-state index is 0.131. The maximum Gasteiger partial charge on any atom is 0.220 e. The van der Waals surface area contributed by atoms with Crippen LogP contribution in [0, 0.1) is 5.92 Å². The molecular formula is C19H30N4O2. The average molecular weight is 346 g/mol. The van der Waals surface area contributed by atoms with Gasteiger partial charge in [0.05, 0.1) is 12.2 Å². The Morgan fingerprint density at radius 2 is 2.16 bits per heavy atom. The van der Waals surface area contributed by atoms with Crippen molar-refractivity contribution in [2.24, 2.45) is 5.92 Å². The number of nitrogens with zero attached hydrogens (tertiary/aromatic N) is 2. The highest BCUT2D eigenvalue weighted by Gasteiger charge is 2.23. The highest BCUT2D eigenvalue weighted by atomic mass is 16.5. The number of ether oxygens (including phenoxy) is 1. The van der Waals surface area contributed by atoms with E-state index in [2.05, 4.69) is 34.4 Å². The number of hydrogen-bond donors (Lipinski definition) is 2. The lowest BCUT2D eigenvalue weighted by Gasteiger charge is -2.36. The van der Waals surface area contributed by atoms with Crippen LogP contribution in [-0.2, 0) is 16.1 Å². The Labute approximate surface area is 150 Å². The normalized spacial score (nSPS) is 26.6. The van der Waals surface area contributed by atoms with E-state index in [0.717, 1.165) is 44.0 Å². The number of amides is 1. The number of hydrogen-bond acceptors (Lipinski definition) is 5. The van der Waals surface area contributed by atoms with Crippen molar-refractivity contribution in [2.75, 3.05) is 31.1 Å². The van der Waals surface area contributed by atoms with Crippen molar-refractivity contribution in [1.82, 2.24) is 15.6 Å². The molecule has 6 nitrogen and oxygen atoms in total. The van der Waals surface area contributed by atoms with Gasteiger partial charge in [0.25, 0.3) is 0 Å². The van der Waals surface area contributed by atoms with Crippen molar-refractivity contribution >= 4 is 11.7 Å². The molecule has 3 unspecified atom stereocenters. The monoisotopic (exact) mass is 346 g/mol. The van der Waals surface area contributed by atoms with E-state index >= 15 is 0 Å². The standard InChI is InChI=1S/C19H30N4O2/c1-14-12-23(13-15(2)25-14)18-5-3-17(10-21-18)11-22-19(24)6-4-16-7-8-20-9-16/h3,5,10,14-16,20H,4,6-9,11-13H2,1-2H3,(H,22,24). The minimum atomic E-state index is 0.131. The van der Waals surface area contributed by atoms with Gasteiger partial charge in [-0.15, -0.1) is 0 Å². The minimum Gasteiger partial charge on any atom is -0.372 e. The highest BCUT2D eigenvalue weighted by molar-refractivity contribution is 5.75. The molecule has 2 saturated heterocycles. The lowest BCUT2D eigenvalue weighted by molar-refractivity contribution is -0.121. The van der Waals surface area contributed by atoms with Crippen LogP contribution in [0.5, 0.6) is 0 Å². The fourth-order valence-electron chi connectivity index (χ4n) is 3.66. The SMILES string of the molecule is CC1CN(c2ccc(CNC(=O)CCC3CCNC3)cn2)CC(C)O1. The van der Waals surface area contributed by atoms with E-state index in [0.29, 0.717) is 18.9 Å². The first kappa shape index (κ1) is 18.1. The van der Waals surface area contributed by atoms with Crippen LogP contribution in [0.1, 0.15) is 38.7 Å². The molecule has 25 heavy (non-hydrogen) atoms. The molecular weight excluding hydrogens is 316 g/mol. The van der Waals surface area contributed by atoms with Gasteiger partial charge in [-0.05, 0) is 57.3 Å². The summed E-state index contributed by atoms with van der Waals surface area (Å²) >= 11 is 0. The van der Waals surface area contributed by atoms with Crippen molar-refractivity contribution in [2.45, 2.75) is 51.9 Å². The predicted molar refractivity (Wildman–Crippen MR) is 98.5 cm³/mol. The molecule has 3 rings (SSSR count). The number of morpholine rings is 1. The van der Waals surface area contributed by atoms with Crippen molar-refractivity contribution in [1.29, 1.82) is 0 Å². The molecule has 0 radical (unpaired) electrons. The summed E-state index contributed by atoms with van der Waals surface area (Å²) < 4.78 is 5.77. The van der Waals surface area contributed by atoms with E-state index < -0.39 is 0 Å². The van der Waals surface area contributed by atoms with Gasteiger partial charge in [-0.2, -0.15) is 0 Å². The van der Waals surface area contributed by atoms with Gasteiger partial charge in [-0.1, -0.05) is 6.07 Å². The molecule has 6 heteroatoms. The zero-order valence-corrected chi connectivity index (χ0v) is 15.3. The lowest BCUT2D eigenvalue weighted by atomic mass is 10.0. The van der Waals surface area contributed by atoms with E-state index in [1.165, 1.54) is 6.42 Å². The average Bonchev–Trinajstić information content (AvgIpc) is 3.11. The molecule has 2 N–H and O–H groups in total. The van der Waals surface area contributed by atoms with E-state index in [-0.39, 0.29) is 18.1 Å². The Morgan fingerprint density at radius 1 is 1.36 bits per heavy atom. The Hall–Kier alpha value is -1.66. The third kappa shape index (κ3) is 5.41. The van der Waals surface area contributed by atoms with Crippen LogP contribution in [0.2, 0.25) is 0 Å². The van der Waals surface area contributed by atoms with Gasteiger partial charge in [0.1, 0.15) is 5.82 Å². The van der Waals surface area contributed by atoms with Crippen LogP contribution in [0.15, 0.2) is 18.3 Å². The summed E-state index contributed by atoms with van der Waals surface area (Å²) in [7, 11) is 0. The fraction of sp³-hybridized carbons (Fsp3) is 0.684. The van der Waals surface area contributed by atoms with Crippen LogP contribution in [0.4, 0.5) is 5.82 Å². The number of anilines is 1. The van der Waals surface area contributed by atoms with E-state index in [1.54, 1.807) is 0 Å². The Morgan fingerprint density at radius 3 is 2.80 bits per heavy atom. The van der Waals surface area contributed by atoms with Gasteiger partial charge in [-0.3, -0.25) is 4.79 Å². The lowest BCUT2D eigenvalue weighted by Crippen LogP contribution is -2.45. The molecule has 3 heterocycles. The van der Waals surface area contributed by atoms with Crippen molar-refractivity contribution in [3.05, 3.63) is 23.9 Å². The van der Waals surface area contributed by atoms with Gasteiger partial charge >= 0.3 is 0 Å². The second-order valence-electron chi connectivity index (χ2n) is 7.36. The maximum atomic E-state index is 12.0. The molecule has 0 bridgehead atoms. The van der Waals surface area contributed by atoms with Gasteiger partial charge in [0, 0.05) is 32.3 Å². The summed E-state index contributed by atoms with van der Waals surface area (Å²) in [6.45, 7) is 8.60. The summed E-state index contributed by atoms with van der Waals surface area (Å²) in [6.07, 6.45) is 5.09. The van der Waals surface area contributed by atoms with Crippen LogP contribution in [-0.4, -0.2) is 49.3 Å². The Kier molecular flexibility index (Phi) is 6.26. The van der Waals surface area contributed by atoms with Gasteiger partial charge in [0.15, 0.2) is 0 Å². The largest absolute Gasteiger partial charge is 0.372 e. The molecule has 1 amide bonds. The number of aromatic nitrogens is 1. The van der Waals surface area contributed by atoms with Crippen molar-refractivity contribution in [3.63, 3.8) is 0 Å². The highest BCUT2D eigenvalue weighted by Crippen LogP contribution is 2.18. The third-order valence-electron chi connectivity index (χ3n) is 4.98. The van der Waals surface area contributed by atoms with Gasteiger partial charge < -0.3 is 20.3 Å². The molecule has 2 aliphatic heterocycles. The maximum absolute atomic E-state index is 12.0. The number of pyridine rings is 1. The van der Waals surface area contributed by atoms with E-state index in [1.807, 2.05) is 18.3 Å². The number of rotatable bonds is 6. The first-order valence-corrected chi connectivity index (χ1v) is 9.43. The molecule has 138 valence electrons. The van der Waals surface area contributed by atoms with Crippen molar-refractivity contribution < 1.29 is 9.53 Å².